The first-order valence-electron chi connectivity index (χ1n) is 16.5. The number of rotatable bonds is 12. The first-order valence-corrected chi connectivity index (χ1v) is 16.8. The van der Waals surface area contributed by atoms with Gasteiger partial charge in [-0.1, -0.05) is 51.4 Å². The van der Waals surface area contributed by atoms with E-state index in [9.17, 15) is 0 Å². The zero-order valence-electron chi connectivity index (χ0n) is 29.5. The van der Waals surface area contributed by atoms with Crippen LogP contribution in [-0.4, -0.2) is 67.6 Å². The minimum atomic E-state index is -0.754. The third-order valence-corrected chi connectivity index (χ3v) is 10.8. The van der Waals surface area contributed by atoms with Crippen molar-refractivity contribution >= 4 is 23.0 Å². The maximum Gasteiger partial charge on any atom is 0.169 e. The lowest BCUT2D eigenvalue weighted by atomic mass is 9.76. The Bertz CT molecular complexity index is 1590. The van der Waals surface area contributed by atoms with Gasteiger partial charge in [-0.2, -0.15) is 0 Å². The van der Waals surface area contributed by atoms with Gasteiger partial charge >= 0.3 is 0 Å². The average Bonchev–Trinajstić information content (AvgIpc) is 3.40. The van der Waals surface area contributed by atoms with Crippen LogP contribution in [0, 0.1) is 0 Å². The van der Waals surface area contributed by atoms with Gasteiger partial charge in [0.05, 0.1) is 27.4 Å². The Balaban J connectivity index is 1.52. The Kier molecular flexibility index (Phi) is 10.5. The molecule has 0 spiro atoms. The molecule has 0 radical (unpaired) electrons. The molecule has 8 heteroatoms. The molecule has 3 aliphatic rings. The first-order chi connectivity index (χ1) is 22.5. The number of halogens is 1. The van der Waals surface area contributed by atoms with E-state index in [-0.39, 0.29) is 5.41 Å². The summed E-state index contributed by atoms with van der Waals surface area (Å²) in [5.41, 5.74) is 6.83. The third-order valence-electron chi connectivity index (χ3n) is 10.3. The highest BCUT2D eigenvalue weighted by Crippen LogP contribution is 2.54. The van der Waals surface area contributed by atoms with Gasteiger partial charge in [-0.15, -0.1) is 0 Å². The SMILES string of the molecule is COCCN1/C(=C\C=C2/CCCC(/C=C/C3(OC)N(CCOC)c4ccc(OC)cc4C3(C)C)=C2Cl)C(C)(C)c2cc(OC)ccc21. The van der Waals surface area contributed by atoms with Crippen LogP contribution >= 0.6 is 11.6 Å². The molecular weight excluding hydrogens is 612 g/mol. The molecule has 0 N–H and O–H groups in total. The fourth-order valence-corrected chi connectivity index (χ4v) is 7.91. The van der Waals surface area contributed by atoms with E-state index in [0.29, 0.717) is 19.8 Å². The van der Waals surface area contributed by atoms with Crippen LogP contribution in [0.5, 0.6) is 11.5 Å². The minimum Gasteiger partial charge on any atom is -0.497 e. The van der Waals surface area contributed by atoms with E-state index in [0.717, 1.165) is 59.2 Å². The third kappa shape index (κ3) is 6.12. The van der Waals surface area contributed by atoms with Crippen molar-refractivity contribution in [3.05, 3.63) is 93.7 Å². The lowest BCUT2D eigenvalue weighted by Crippen LogP contribution is -2.56. The average molecular weight is 663 g/mol. The molecule has 1 unspecified atom stereocenters. The van der Waals surface area contributed by atoms with Crippen LogP contribution < -0.4 is 19.3 Å². The summed E-state index contributed by atoms with van der Waals surface area (Å²) < 4.78 is 28.7. The van der Waals surface area contributed by atoms with Gasteiger partial charge in [0.15, 0.2) is 5.72 Å². The van der Waals surface area contributed by atoms with Crippen LogP contribution in [0.4, 0.5) is 11.4 Å². The Hall–Kier alpha value is -3.23. The summed E-state index contributed by atoms with van der Waals surface area (Å²) in [6.07, 6.45) is 11.7. The molecule has 1 aliphatic carbocycles. The van der Waals surface area contributed by atoms with Crippen molar-refractivity contribution in [1.82, 2.24) is 0 Å². The molecule has 2 aromatic rings. The summed E-state index contributed by atoms with van der Waals surface area (Å²) in [6.45, 7) is 11.6. The summed E-state index contributed by atoms with van der Waals surface area (Å²) in [7, 11) is 8.68. The number of ether oxygens (including phenoxy) is 5. The van der Waals surface area contributed by atoms with Gasteiger partial charge in [-0.05, 0) is 90.1 Å². The summed E-state index contributed by atoms with van der Waals surface area (Å²) in [4.78, 5) is 4.67. The molecule has 0 amide bonds. The van der Waals surface area contributed by atoms with Crippen molar-refractivity contribution in [3.8, 4) is 11.5 Å². The van der Waals surface area contributed by atoms with E-state index < -0.39 is 11.1 Å². The predicted octanol–water partition coefficient (Wildman–Crippen LogP) is 8.28. The number of nitrogens with zero attached hydrogens (tertiary/aromatic N) is 2. The van der Waals surface area contributed by atoms with Crippen LogP contribution in [0.2, 0.25) is 0 Å². The largest absolute Gasteiger partial charge is 0.497 e. The van der Waals surface area contributed by atoms with Crippen LogP contribution in [0.15, 0.2) is 82.6 Å². The van der Waals surface area contributed by atoms with Gasteiger partial charge in [-0.3, -0.25) is 0 Å². The van der Waals surface area contributed by atoms with Gasteiger partial charge in [0, 0.05) is 67.4 Å². The Morgan fingerprint density at radius 1 is 0.787 bits per heavy atom. The summed E-state index contributed by atoms with van der Waals surface area (Å²) >= 11 is 7.24. The van der Waals surface area contributed by atoms with Crippen molar-refractivity contribution in [2.24, 2.45) is 0 Å². The molecule has 0 aromatic heterocycles. The summed E-state index contributed by atoms with van der Waals surface area (Å²) in [6, 6.07) is 12.6. The highest BCUT2D eigenvalue weighted by atomic mass is 35.5. The molecule has 2 aromatic carbocycles. The van der Waals surface area contributed by atoms with Gasteiger partial charge in [0.1, 0.15) is 11.5 Å². The molecule has 2 heterocycles. The molecule has 254 valence electrons. The molecule has 7 nitrogen and oxygen atoms in total. The lowest BCUT2D eigenvalue weighted by Gasteiger charge is -2.44. The quantitative estimate of drug-likeness (QED) is 0.227. The Morgan fingerprint density at radius 3 is 2.06 bits per heavy atom. The van der Waals surface area contributed by atoms with E-state index in [4.69, 9.17) is 35.3 Å². The fourth-order valence-electron chi connectivity index (χ4n) is 7.59. The number of anilines is 2. The minimum absolute atomic E-state index is 0.218. The van der Waals surface area contributed by atoms with E-state index in [1.165, 1.54) is 22.5 Å². The highest BCUT2D eigenvalue weighted by molar-refractivity contribution is 6.32. The fraction of sp³-hybridized carbons (Fsp3) is 0.487. The molecular formula is C39H51ClN2O5. The summed E-state index contributed by atoms with van der Waals surface area (Å²) in [5, 5.41) is 0.812. The van der Waals surface area contributed by atoms with E-state index in [1.807, 2.05) is 12.1 Å². The molecule has 2 aliphatic heterocycles. The van der Waals surface area contributed by atoms with Gasteiger partial charge in [0.25, 0.3) is 0 Å². The molecule has 0 saturated carbocycles. The highest BCUT2D eigenvalue weighted by Gasteiger charge is 2.56. The maximum atomic E-state index is 7.24. The normalized spacial score (nSPS) is 23.3. The molecule has 1 atom stereocenters. The van der Waals surface area contributed by atoms with Crippen molar-refractivity contribution in [2.45, 2.75) is 63.5 Å². The number of hydrogen-bond acceptors (Lipinski definition) is 7. The van der Waals surface area contributed by atoms with Gasteiger partial charge in [0.2, 0.25) is 0 Å². The van der Waals surface area contributed by atoms with Crippen molar-refractivity contribution in [3.63, 3.8) is 0 Å². The zero-order valence-corrected chi connectivity index (χ0v) is 30.3. The molecule has 0 fully saturated rings. The van der Waals surface area contributed by atoms with Gasteiger partial charge < -0.3 is 33.5 Å². The number of benzene rings is 2. The maximum absolute atomic E-state index is 7.24. The molecule has 0 saturated heterocycles. The second kappa shape index (κ2) is 14.1. The molecule has 47 heavy (non-hydrogen) atoms. The number of allylic oxidation sites excluding steroid dienone is 7. The second-order valence-corrected chi connectivity index (χ2v) is 13.9. The zero-order chi connectivity index (χ0) is 34.0. The van der Waals surface area contributed by atoms with Crippen LogP contribution in [0.25, 0.3) is 0 Å². The van der Waals surface area contributed by atoms with Crippen LogP contribution in [0.1, 0.15) is 58.1 Å². The number of methoxy groups -OCH3 is 5. The van der Waals surface area contributed by atoms with E-state index in [1.54, 1.807) is 35.5 Å². The number of fused-ring (bicyclic) bond motifs is 2. The topological polar surface area (TPSA) is 52.6 Å². The molecule has 5 rings (SSSR count). The van der Waals surface area contributed by atoms with Crippen molar-refractivity contribution < 1.29 is 23.7 Å². The summed E-state index contributed by atoms with van der Waals surface area (Å²) in [5.74, 6) is 1.69. The standard InChI is InChI=1S/C39H51ClN2O5/c1-37(2)31-25-29(45-7)14-16-33(31)41(21-23-43-5)35(37)18-13-27-11-10-12-28(36(27)40)19-20-39(47-9)38(3,4)32-26-30(46-8)15-17-34(32)42(39)22-24-44-6/h13-20,25-26H,10-12,21-24H2,1-9H3/b20-19+,27-13+,35-18-. The second-order valence-electron chi connectivity index (χ2n) is 13.5. The van der Waals surface area contributed by atoms with Crippen LogP contribution in [0.3, 0.4) is 0 Å². The van der Waals surface area contributed by atoms with Crippen LogP contribution in [-0.2, 0) is 25.0 Å². The van der Waals surface area contributed by atoms with E-state index in [2.05, 4.69) is 86.1 Å². The van der Waals surface area contributed by atoms with Crippen molar-refractivity contribution in [2.75, 3.05) is 71.7 Å². The lowest BCUT2D eigenvalue weighted by molar-refractivity contribution is -0.0189. The Morgan fingerprint density at radius 2 is 1.43 bits per heavy atom. The van der Waals surface area contributed by atoms with Gasteiger partial charge in [-0.25, -0.2) is 0 Å². The number of hydrogen-bond donors (Lipinski definition) is 0. The smallest absolute Gasteiger partial charge is 0.169 e. The first kappa shape index (κ1) is 35.1. The Labute approximate surface area is 286 Å². The monoisotopic (exact) mass is 662 g/mol. The predicted molar refractivity (Wildman–Crippen MR) is 192 cm³/mol. The molecule has 0 bridgehead atoms. The van der Waals surface area contributed by atoms with Crippen molar-refractivity contribution in [1.29, 1.82) is 0 Å². The van der Waals surface area contributed by atoms with E-state index >= 15 is 0 Å².